The van der Waals surface area contributed by atoms with Crippen LogP contribution in [0, 0.1) is 0 Å². The number of carbonyl (C=O) groups excluding carboxylic acids is 2. The second-order valence-corrected chi connectivity index (χ2v) is 5.50. The first kappa shape index (κ1) is 15.4. The van der Waals surface area contributed by atoms with Crippen molar-refractivity contribution in [2.75, 3.05) is 13.7 Å². The molecule has 1 saturated heterocycles. The van der Waals surface area contributed by atoms with Crippen molar-refractivity contribution in [2.24, 2.45) is 0 Å². The highest BCUT2D eigenvalue weighted by Gasteiger charge is 2.47. The van der Waals surface area contributed by atoms with Crippen LogP contribution >= 0.6 is 0 Å². The molecular weight excluding hydrogens is 268 g/mol. The largest absolute Gasteiger partial charge is 0.494 e. The summed E-state index contributed by atoms with van der Waals surface area (Å²) in [4.78, 5) is 24.9. The summed E-state index contributed by atoms with van der Waals surface area (Å²) in [6.07, 6.45) is 3.36. The number of unbranched alkanes of at least 4 members (excludes halogenated alkanes) is 2. The molecule has 0 aromatic heterocycles. The molecule has 5 nitrogen and oxygen atoms in total. The van der Waals surface area contributed by atoms with Crippen LogP contribution in [0.3, 0.4) is 0 Å². The Kier molecular flexibility index (Phi) is 4.50. The monoisotopic (exact) mass is 290 g/mol. The van der Waals surface area contributed by atoms with Crippen LogP contribution in [-0.2, 0) is 10.3 Å². The Morgan fingerprint density at radius 3 is 2.38 bits per heavy atom. The van der Waals surface area contributed by atoms with Gasteiger partial charge in [-0.05, 0) is 31.0 Å². The lowest BCUT2D eigenvalue weighted by Crippen LogP contribution is -2.40. The molecule has 2 rings (SSSR count). The van der Waals surface area contributed by atoms with Crippen LogP contribution in [0.4, 0.5) is 4.79 Å². The predicted molar refractivity (Wildman–Crippen MR) is 80.1 cm³/mol. The van der Waals surface area contributed by atoms with Crippen LogP contribution in [0.5, 0.6) is 5.75 Å². The maximum absolute atomic E-state index is 12.2. The molecule has 0 aliphatic carbocycles. The van der Waals surface area contributed by atoms with Gasteiger partial charge in [-0.25, -0.2) is 4.79 Å². The maximum Gasteiger partial charge on any atom is 0.325 e. The summed E-state index contributed by atoms with van der Waals surface area (Å²) in [5.41, 5.74) is -0.238. The first-order valence-electron chi connectivity index (χ1n) is 7.32. The Hall–Kier alpha value is -2.04. The zero-order chi connectivity index (χ0) is 15.5. The van der Waals surface area contributed by atoms with Crippen LogP contribution in [-0.4, -0.2) is 30.5 Å². The Morgan fingerprint density at radius 1 is 1.19 bits per heavy atom. The topological polar surface area (TPSA) is 58.6 Å². The van der Waals surface area contributed by atoms with Gasteiger partial charge in [0.25, 0.3) is 5.91 Å². The minimum Gasteiger partial charge on any atom is -0.494 e. The number of amides is 3. The third kappa shape index (κ3) is 3.01. The number of carbonyl (C=O) groups is 2. The molecule has 3 amide bonds. The van der Waals surface area contributed by atoms with Crippen LogP contribution in [0.1, 0.15) is 38.7 Å². The number of nitrogens with zero attached hydrogens (tertiary/aromatic N) is 1. The van der Waals surface area contributed by atoms with Crippen molar-refractivity contribution in [3.8, 4) is 5.75 Å². The number of nitrogens with one attached hydrogen (secondary N) is 1. The molecule has 1 aromatic rings. The summed E-state index contributed by atoms with van der Waals surface area (Å²) < 4.78 is 5.65. The van der Waals surface area contributed by atoms with E-state index < -0.39 is 5.54 Å². The molecule has 1 fully saturated rings. The summed E-state index contributed by atoms with van der Waals surface area (Å²) in [6.45, 7) is 4.57. The van der Waals surface area contributed by atoms with Crippen molar-refractivity contribution in [1.29, 1.82) is 0 Å². The van der Waals surface area contributed by atoms with Gasteiger partial charge in [0.1, 0.15) is 11.3 Å². The lowest BCUT2D eigenvalue weighted by atomic mass is 9.92. The smallest absolute Gasteiger partial charge is 0.325 e. The molecule has 1 N–H and O–H groups in total. The minimum atomic E-state index is -0.993. The number of imide groups is 1. The third-order valence-electron chi connectivity index (χ3n) is 3.84. The fraction of sp³-hybridized carbons (Fsp3) is 0.500. The minimum absolute atomic E-state index is 0.246. The van der Waals surface area contributed by atoms with Crippen LogP contribution in [0.15, 0.2) is 24.3 Å². The lowest BCUT2D eigenvalue weighted by Gasteiger charge is -2.21. The average Bonchev–Trinajstić information content (AvgIpc) is 2.69. The van der Waals surface area contributed by atoms with Crippen LogP contribution in [0.25, 0.3) is 0 Å². The van der Waals surface area contributed by atoms with Gasteiger partial charge in [-0.3, -0.25) is 9.69 Å². The van der Waals surface area contributed by atoms with Gasteiger partial charge in [-0.2, -0.15) is 0 Å². The lowest BCUT2D eigenvalue weighted by molar-refractivity contribution is -0.130. The van der Waals surface area contributed by atoms with Gasteiger partial charge < -0.3 is 10.1 Å². The van der Waals surface area contributed by atoms with Crippen molar-refractivity contribution in [3.05, 3.63) is 29.8 Å². The van der Waals surface area contributed by atoms with Crippen LogP contribution in [0.2, 0.25) is 0 Å². The molecule has 0 saturated carbocycles. The molecule has 0 bridgehead atoms. The maximum atomic E-state index is 12.2. The summed E-state index contributed by atoms with van der Waals surface area (Å²) in [7, 11) is 1.48. The second kappa shape index (κ2) is 6.16. The van der Waals surface area contributed by atoms with Gasteiger partial charge in [0.2, 0.25) is 0 Å². The zero-order valence-electron chi connectivity index (χ0n) is 12.8. The highest BCUT2D eigenvalue weighted by atomic mass is 16.5. The molecule has 1 unspecified atom stereocenters. The first-order chi connectivity index (χ1) is 9.99. The number of benzene rings is 1. The number of hydrogen-bond acceptors (Lipinski definition) is 3. The van der Waals surface area contributed by atoms with Gasteiger partial charge in [0.15, 0.2) is 0 Å². The van der Waals surface area contributed by atoms with Gasteiger partial charge >= 0.3 is 6.03 Å². The SMILES string of the molecule is CCCCCOc1ccc(C2(C)NC(=O)N(C)C2=O)cc1. The van der Waals surface area contributed by atoms with Gasteiger partial charge in [0, 0.05) is 7.05 Å². The Morgan fingerprint density at radius 2 is 1.86 bits per heavy atom. The molecule has 114 valence electrons. The first-order valence-corrected chi connectivity index (χ1v) is 7.32. The number of rotatable bonds is 6. The van der Waals surface area contributed by atoms with E-state index in [0.29, 0.717) is 6.61 Å². The molecule has 1 aromatic carbocycles. The second-order valence-electron chi connectivity index (χ2n) is 5.50. The quantitative estimate of drug-likeness (QED) is 0.647. The average molecular weight is 290 g/mol. The molecule has 1 aliphatic rings. The summed E-state index contributed by atoms with van der Waals surface area (Å²) in [5.74, 6) is 0.535. The van der Waals surface area contributed by atoms with Gasteiger partial charge in [0.05, 0.1) is 6.61 Å². The summed E-state index contributed by atoms with van der Waals surface area (Å²) in [6, 6.07) is 6.95. The number of likely N-dealkylation sites (N-methyl/N-ethyl adjacent to an activating group) is 1. The Labute approximate surface area is 125 Å². The standard InChI is InChI=1S/C16H22N2O3/c1-4-5-6-11-21-13-9-7-12(8-10-13)16(2)14(19)18(3)15(20)17-16/h7-10H,4-6,11H2,1-3H3,(H,17,20). The van der Waals surface area contributed by atoms with E-state index in [9.17, 15) is 9.59 Å². The molecule has 0 radical (unpaired) electrons. The van der Waals surface area contributed by atoms with Gasteiger partial charge in [-0.15, -0.1) is 0 Å². The van der Waals surface area contributed by atoms with Crippen molar-refractivity contribution in [3.63, 3.8) is 0 Å². The molecule has 21 heavy (non-hydrogen) atoms. The van der Waals surface area contributed by atoms with E-state index in [2.05, 4.69) is 12.2 Å². The molecule has 0 spiro atoms. The van der Waals surface area contributed by atoms with Crippen molar-refractivity contribution in [1.82, 2.24) is 10.2 Å². The normalized spacial score (nSPS) is 21.6. The van der Waals surface area contributed by atoms with E-state index in [0.717, 1.165) is 35.5 Å². The summed E-state index contributed by atoms with van der Waals surface area (Å²) >= 11 is 0. The van der Waals surface area contributed by atoms with Crippen molar-refractivity contribution >= 4 is 11.9 Å². The van der Waals surface area contributed by atoms with E-state index in [-0.39, 0.29) is 11.9 Å². The predicted octanol–water partition coefficient (Wildman–Crippen LogP) is 2.65. The van der Waals surface area contributed by atoms with Crippen LogP contribution < -0.4 is 10.1 Å². The number of ether oxygens (including phenoxy) is 1. The fourth-order valence-corrected chi connectivity index (χ4v) is 2.40. The third-order valence-corrected chi connectivity index (χ3v) is 3.84. The number of hydrogen-bond donors (Lipinski definition) is 1. The zero-order valence-corrected chi connectivity index (χ0v) is 12.8. The Balaban J connectivity index is 2.05. The van der Waals surface area contributed by atoms with Crippen molar-refractivity contribution < 1.29 is 14.3 Å². The van der Waals surface area contributed by atoms with E-state index in [1.54, 1.807) is 6.92 Å². The summed E-state index contributed by atoms with van der Waals surface area (Å²) in [5, 5.41) is 2.72. The molecule has 1 atom stereocenters. The van der Waals surface area contributed by atoms with E-state index >= 15 is 0 Å². The molecule has 1 heterocycles. The number of urea groups is 1. The van der Waals surface area contributed by atoms with Gasteiger partial charge in [-0.1, -0.05) is 31.9 Å². The van der Waals surface area contributed by atoms with E-state index in [4.69, 9.17) is 4.74 Å². The van der Waals surface area contributed by atoms with E-state index in [1.807, 2.05) is 24.3 Å². The molecule has 1 aliphatic heterocycles. The fourth-order valence-electron chi connectivity index (χ4n) is 2.40. The highest BCUT2D eigenvalue weighted by molar-refractivity contribution is 6.06. The van der Waals surface area contributed by atoms with Crippen molar-refractivity contribution in [2.45, 2.75) is 38.6 Å². The Bertz CT molecular complexity index is 527. The molecule has 5 heteroatoms. The molecular formula is C16H22N2O3. The van der Waals surface area contributed by atoms with E-state index in [1.165, 1.54) is 7.05 Å². The highest BCUT2D eigenvalue weighted by Crippen LogP contribution is 2.29.